The van der Waals surface area contributed by atoms with Crippen molar-refractivity contribution in [1.82, 2.24) is 0 Å². The summed E-state index contributed by atoms with van der Waals surface area (Å²) < 4.78 is 5.90. The first-order valence-corrected chi connectivity index (χ1v) is 9.51. The van der Waals surface area contributed by atoms with Gasteiger partial charge in [-0.1, -0.05) is 6.07 Å². The van der Waals surface area contributed by atoms with Crippen LogP contribution in [0.1, 0.15) is 47.0 Å². The van der Waals surface area contributed by atoms with Gasteiger partial charge < -0.3 is 24.1 Å². The summed E-state index contributed by atoms with van der Waals surface area (Å²) >= 11 is 0. The third-order valence-electron chi connectivity index (χ3n) is 5.69. The van der Waals surface area contributed by atoms with E-state index in [0.717, 1.165) is 44.1 Å². The van der Waals surface area contributed by atoms with E-state index in [0.29, 0.717) is 5.76 Å². The summed E-state index contributed by atoms with van der Waals surface area (Å²) in [5, 5.41) is 10.7. The number of fused-ring (bicyclic) bond motifs is 2. The highest BCUT2D eigenvalue weighted by Crippen LogP contribution is 2.44. The molecule has 0 saturated heterocycles. The summed E-state index contributed by atoms with van der Waals surface area (Å²) in [6.45, 7) is 1.05. The Kier molecular flexibility index (Phi) is 4.46. The molecule has 0 amide bonds. The van der Waals surface area contributed by atoms with Gasteiger partial charge in [-0.2, -0.15) is 0 Å². The molecule has 27 heavy (non-hydrogen) atoms. The van der Waals surface area contributed by atoms with E-state index >= 15 is 0 Å². The van der Waals surface area contributed by atoms with Gasteiger partial charge in [0.05, 0.1) is 17.3 Å². The van der Waals surface area contributed by atoms with Crippen LogP contribution >= 0.6 is 0 Å². The van der Waals surface area contributed by atoms with Crippen LogP contribution in [-0.2, 0) is 17.6 Å². The zero-order valence-corrected chi connectivity index (χ0v) is 16.1. The molecule has 0 N–H and O–H groups in total. The highest BCUT2D eigenvalue weighted by atomic mass is 16.4. The molecular formula is C22H25N2O3-. The Morgan fingerprint density at radius 2 is 2.11 bits per heavy atom. The Labute approximate surface area is 159 Å². The van der Waals surface area contributed by atoms with Crippen LogP contribution in [-0.4, -0.2) is 33.7 Å². The van der Waals surface area contributed by atoms with Crippen molar-refractivity contribution in [2.45, 2.75) is 31.6 Å². The normalized spacial score (nSPS) is 18.6. The Bertz CT molecular complexity index is 911. The molecule has 1 aliphatic heterocycles. The second-order valence-corrected chi connectivity index (χ2v) is 7.74. The molecule has 0 saturated carbocycles. The number of carboxylic acid groups (broad SMARTS) is 1. The fourth-order valence-electron chi connectivity index (χ4n) is 4.43. The van der Waals surface area contributed by atoms with Crippen LogP contribution < -0.4 is 14.9 Å². The van der Waals surface area contributed by atoms with Crippen LogP contribution in [0.5, 0.6) is 0 Å². The number of likely N-dealkylation sites (N-methyl/N-ethyl adjacent to an activating group) is 1. The molecule has 5 nitrogen and oxygen atoms in total. The van der Waals surface area contributed by atoms with Crippen LogP contribution in [0.4, 0.5) is 11.4 Å². The number of hydrogen-bond donors (Lipinski definition) is 0. The molecule has 1 unspecified atom stereocenters. The van der Waals surface area contributed by atoms with E-state index in [4.69, 9.17) is 4.42 Å². The number of aliphatic carboxylic acids is 1. The number of hydrogen-bond acceptors (Lipinski definition) is 5. The second-order valence-electron chi connectivity index (χ2n) is 7.74. The first-order chi connectivity index (χ1) is 12.9. The van der Waals surface area contributed by atoms with Gasteiger partial charge in [0, 0.05) is 45.6 Å². The Morgan fingerprint density at radius 3 is 2.85 bits per heavy atom. The summed E-state index contributed by atoms with van der Waals surface area (Å²) in [4.78, 5) is 15.2. The molecule has 2 heterocycles. The van der Waals surface area contributed by atoms with Gasteiger partial charge in [0.2, 0.25) is 0 Å². The maximum absolute atomic E-state index is 10.7. The molecule has 0 bridgehead atoms. The molecule has 0 spiro atoms. The standard InChI is InChI=1S/C22H26N2O3/c1-23(2)19-12-15(11-14-9-10-24(3)22(14)19)17-5-4-6-20-18(17)13-16(27-20)7-8-21(25)26/h7-8,11-13,17H,4-6,9-10H2,1-3H3,(H,25,26)/p-1/b8-7+. The second kappa shape index (κ2) is 6.80. The van der Waals surface area contributed by atoms with Crippen LogP contribution in [0.25, 0.3) is 6.08 Å². The number of anilines is 2. The number of rotatable bonds is 4. The summed E-state index contributed by atoms with van der Waals surface area (Å²) in [6, 6.07) is 6.66. The molecule has 1 aliphatic carbocycles. The van der Waals surface area contributed by atoms with E-state index < -0.39 is 5.97 Å². The SMILES string of the molecule is CN(C)c1cc(C2CCCc3oc(/C=C/C(=O)[O-])cc32)cc2c1N(C)CC2. The Balaban J connectivity index is 1.76. The lowest BCUT2D eigenvalue weighted by atomic mass is 9.81. The quantitative estimate of drug-likeness (QED) is 0.780. The Hall–Kier alpha value is -2.69. The van der Waals surface area contributed by atoms with E-state index in [9.17, 15) is 9.90 Å². The fourth-order valence-corrected chi connectivity index (χ4v) is 4.43. The lowest BCUT2D eigenvalue weighted by Crippen LogP contribution is -2.18. The summed E-state index contributed by atoms with van der Waals surface area (Å²) in [7, 11) is 6.35. The smallest absolute Gasteiger partial charge is 0.127 e. The number of benzene rings is 1. The molecule has 1 atom stereocenters. The number of aryl methyl sites for hydroxylation is 1. The Morgan fingerprint density at radius 1 is 1.30 bits per heavy atom. The highest BCUT2D eigenvalue weighted by molar-refractivity contribution is 5.83. The van der Waals surface area contributed by atoms with Crippen molar-refractivity contribution in [2.75, 3.05) is 37.5 Å². The zero-order valence-electron chi connectivity index (χ0n) is 16.1. The minimum Gasteiger partial charge on any atom is -0.545 e. The van der Waals surface area contributed by atoms with Crippen molar-refractivity contribution >= 4 is 23.4 Å². The topological polar surface area (TPSA) is 59.8 Å². The van der Waals surface area contributed by atoms with E-state index in [-0.39, 0.29) is 5.92 Å². The lowest BCUT2D eigenvalue weighted by Gasteiger charge is -2.27. The minimum absolute atomic E-state index is 0.289. The number of furan rings is 1. The predicted octanol–water partition coefficient (Wildman–Crippen LogP) is 2.57. The van der Waals surface area contributed by atoms with Gasteiger partial charge in [-0.05, 0) is 54.7 Å². The van der Waals surface area contributed by atoms with Crippen molar-refractivity contribution in [3.63, 3.8) is 0 Å². The molecule has 142 valence electrons. The number of carboxylic acids is 1. The van der Waals surface area contributed by atoms with Crippen molar-refractivity contribution in [1.29, 1.82) is 0 Å². The van der Waals surface area contributed by atoms with Gasteiger partial charge in [0.15, 0.2) is 0 Å². The van der Waals surface area contributed by atoms with Gasteiger partial charge in [-0.15, -0.1) is 0 Å². The largest absolute Gasteiger partial charge is 0.545 e. The van der Waals surface area contributed by atoms with Crippen LogP contribution in [0.2, 0.25) is 0 Å². The lowest BCUT2D eigenvalue weighted by molar-refractivity contribution is -0.297. The van der Waals surface area contributed by atoms with Gasteiger partial charge in [0.1, 0.15) is 11.5 Å². The van der Waals surface area contributed by atoms with E-state index in [2.05, 4.69) is 43.1 Å². The minimum atomic E-state index is -1.21. The third kappa shape index (κ3) is 3.22. The molecule has 0 radical (unpaired) electrons. The predicted molar refractivity (Wildman–Crippen MR) is 105 cm³/mol. The van der Waals surface area contributed by atoms with Gasteiger partial charge >= 0.3 is 0 Å². The average Bonchev–Trinajstić information content (AvgIpc) is 3.22. The van der Waals surface area contributed by atoms with Crippen LogP contribution in [0.15, 0.2) is 28.7 Å². The number of carbonyl (C=O) groups excluding carboxylic acids is 1. The molecule has 0 fully saturated rings. The van der Waals surface area contributed by atoms with Gasteiger partial charge in [-0.25, -0.2) is 0 Å². The summed E-state index contributed by atoms with van der Waals surface area (Å²) in [5.41, 5.74) is 6.52. The maximum Gasteiger partial charge on any atom is 0.127 e. The fraction of sp³-hybridized carbons (Fsp3) is 0.409. The van der Waals surface area contributed by atoms with Gasteiger partial charge in [0.25, 0.3) is 0 Å². The average molecular weight is 365 g/mol. The van der Waals surface area contributed by atoms with Crippen LogP contribution in [0, 0.1) is 0 Å². The molecule has 4 rings (SSSR count). The van der Waals surface area contributed by atoms with Crippen molar-refractivity contribution in [3.8, 4) is 0 Å². The third-order valence-corrected chi connectivity index (χ3v) is 5.69. The number of nitrogens with zero attached hydrogens (tertiary/aromatic N) is 2. The number of carbonyl (C=O) groups is 1. The molecular weight excluding hydrogens is 340 g/mol. The maximum atomic E-state index is 10.7. The molecule has 5 heteroatoms. The zero-order chi connectivity index (χ0) is 19.1. The van der Waals surface area contributed by atoms with Crippen molar-refractivity contribution < 1.29 is 14.3 Å². The van der Waals surface area contributed by atoms with E-state index in [1.165, 1.54) is 34.1 Å². The van der Waals surface area contributed by atoms with E-state index in [1.54, 1.807) is 0 Å². The molecule has 1 aromatic heterocycles. The molecule has 2 aromatic rings. The van der Waals surface area contributed by atoms with Crippen LogP contribution in [0.3, 0.4) is 0 Å². The molecule has 2 aliphatic rings. The highest BCUT2D eigenvalue weighted by Gasteiger charge is 2.29. The van der Waals surface area contributed by atoms with Gasteiger partial charge in [-0.3, -0.25) is 0 Å². The van der Waals surface area contributed by atoms with E-state index in [1.807, 2.05) is 6.07 Å². The first-order valence-electron chi connectivity index (χ1n) is 9.51. The molecule has 1 aromatic carbocycles. The first kappa shape index (κ1) is 17.7. The summed E-state index contributed by atoms with van der Waals surface area (Å²) in [5.74, 6) is 0.648. The van der Waals surface area contributed by atoms with Crippen molar-refractivity contribution in [3.05, 3.63) is 52.5 Å². The monoisotopic (exact) mass is 365 g/mol. The van der Waals surface area contributed by atoms with Crippen molar-refractivity contribution in [2.24, 2.45) is 0 Å². The summed E-state index contributed by atoms with van der Waals surface area (Å²) in [6.07, 6.45) is 6.63.